The van der Waals surface area contributed by atoms with Crippen LogP contribution in [0.5, 0.6) is 0 Å². The third-order valence-electron chi connectivity index (χ3n) is 6.28. The first kappa shape index (κ1) is 20.3. The second-order valence-electron chi connectivity index (χ2n) is 8.42. The van der Waals surface area contributed by atoms with Gasteiger partial charge in [-0.25, -0.2) is 0 Å². The molecule has 1 amide bonds. The first-order valence-electron chi connectivity index (χ1n) is 10.7. The molecule has 6 nitrogen and oxygen atoms in total. The quantitative estimate of drug-likeness (QED) is 0.750. The molecule has 2 aromatic heterocycles. The molecule has 1 aliphatic carbocycles. The van der Waals surface area contributed by atoms with Gasteiger partial charge in [-0.05, 0) is 43.7 Å². The maximum Gasteiger partial charge on any atom is 0.273 e. The van der Waals surface area contributed by atoms with Crippen LogP contribution in [-0.2, 0) is 11.3 Å². The molecule has 1 aliphatic heterocycles. The van der Waals surface area contributed by atoms with Gasteiger partial charge in [-0.2, -0.15) is 5.10 Å². The van der Waals surface area contributed by atoms with E-state index in [0.29, 0.717) is 31.4 Å². The Labute approximate surface area is 176 Å². The summed E-state index contributed by atoms with van der Waals surface area (Å²) >= 11 is 1.60. The second kappa shape index (κ2) is 8.40. The van der Waals surface area contributed by atoms with E-state index in [1.807, 2.05) is 37.4 Å². The second-order valence-corrected chi connectivity index (χ2v) is 9.37. The van der Waals surface area contributed by atoms with E-state index >= 15 is 0 Å². The van der Waals surface area contributed by atoms with Gasteiger partial charge in [-0.1, -0.05) is 32.3 Å². The highest BCUT2D eigenvalue weighted by atomic mass is 32.1. The maximum atomic E-state index is 13.3. The molecule has 0 spiro atoms. The fourth-order valence-electron chi connectivity index (χ4n) is 4.54. The summed E-state index contributed by atoms with van der Waals surface area (Å²) in [6.45, 7) is 5.24. The fourth-order valence-corrected chi connectivity index (χ4v) is 5.22. The van der Waals surface area contributed by atoms with Crippen molar-refractivity contribution in [3.63, 3.8) is 0 Å². The number of hydrogen-bond acceptors (Lipinski definition) is 5. The van der Waals surface area contributed by atoms with Crippen molar-refractivity contribution in [2.75, 3.05) is 13.1 Å². The predicted octanol–water partition coefficient (Wildman–Crippen LogP) is 3.73. The van der Waals surface area contributed by atoms with E-state index in [0.717, 1.165) is 29.8 Å². The predicted molar refractivity (Wildman–Crippen MR) is 115 cm³/mol. The first-order chi connectivity index (χ1) is 14.0. The number of fused-ring (bicyclic) bond motifs is 1. The van der Waals surface area contributed by atoms with Crippen molar-refractivity contribution in [3.8, 4) is 10.6 Å². The molecule has 4 rings (SSSR count). The minimum atomic E-state index is -0.875. The molecular formula is C22H30N4O2S. The highest BCUT2D eigenvalue weighted by molar-refractivity contribution is 7.13. The van der Waals surface area contributed by atoms with Crippen molar-refractivity contribution in [2.24, 2.45) is 0 Å². The highest BCUT2D eigenvalue weighted by Gasteiger charge is 2.47. The number of thiophene rings is 1. The van der Waals surface area contributed by atoms with Crippen LogP contribution in [0.15, 0.2) is 23.6 Å². The molecule has 1 atom stereocenters. The van der Waals surface area contributed by atoms with E-state index in [2.05, 4.69) is 10.4 Å². The number of nitrogens with zero attached hydrogens (tertiary/aromatic N) is 3. The van der Waals surface area contributed by atoms with Gasteiger partial charge < -0.3 is 10.2 Å². The normalized spacial score (nSPS) is 22.7. The summed E-state index contributed by atoms with van der Waals surface area (Å²) in [5.41, 5.74) is 0.504. The number of ketones is 1. The summed E-state index contributed by atoms with van der Waals surface area (Å²) in [5, 5.41) is 10.1. The van der Waals surface area contributed by atoms with E-state index in [-0.39, 0.29) is 11.7 Å². The topological polar surface area (TPSA) is 67.2 Å². The maximum absolute atomic E-state index is 13.3. The largest absolute Gasteiger partial charge is 0.323 e. The summed E-state index contributed by atoms with van der Waals surface area (Å²) in [5.74, 6) is -0.0226. The van der Waals surface area contributed by atoms with Gasteiger partial charge in [0.25, 0.3) is 5.91 Å². The summed E-state index contributed by atoms with van der Waals surface area (Å²) in [6, 6.07) is 6.27. The van der Waals surface area contributed by atoms with Gasteiger partial charge in [0.1, 0.15) is 16.9 Å². The molecule has 2 aliphatic rings. The molecule has 29 heavy (non-hydrogen) atoms. The molecule has 1 fully saturated rings. The number of nitrogens with one attached hydrogen (secondary N) is 1. The van der Waals surface area contributed by atoms with Gasteiger partial charge in [0, 0.05) is 12.6 Å². The monoisotopic (exact) mass is 414 g/mol. The Morgan fingerprint density at radius 2 is 2.14 bits per heavy atom. The molecule has 7 heteroatoms. The number of carbonyl (C=O) groups excluding carboxylic acids is 2. The molecule has 2 aromatic rings. The number of Topliss-reactive ketones (excluding diaryl/α,β-unsaturated/α-hetero) is 1. The van der Waals surface area contributed by atoms with Crippen molar-refractivity contribution in [1.82, 2.24) is 20.0 Å². The lowest BCUT2D eigenvalue weighted by Crippen LogP contribution is -2.63. The van der Waals surface area contributed by atoms with Gasteiger partial charge >= 0.3 is 0 Å². The zero-order chi connectivity index (χ0) is 20.4. The van der Waals surface area contributed by atoms with Gasteiger partial charge in [-0.3, -0.25) is 14.3 Å². The lowest BCUT2D eigenvalue weighted by molar-refractivity contribution is -0.130. The van der Waals surface area contributed by atoms with Gasteiger partial charge in [-0.15, -0.1) is 11.3 Å². The molecule has 156 valence electrons. The van der Waals surface area contributed by atoms with Crippen molar-refractivity contribution >= 4 is 23.0 Å². The summed E-state index contributed by atoms with van der Waals surface area (Å²) < 4.78 is 1.74. The Morgan fingerprint density at radius 1 is 1.34 bits per heavy atom. The minimum Gasteiger partial charge on any atom is -0.323 e. The third-order valence-corrected chi connectivity index (χ3v) is 7.17. The number of aromatic nitrogens is 2. The van der Waals surface area contributed by atoms with Crippen LogP contribution in [0.25, 0.3) is 10.6 Å². The average Bonchev–Trinajstić information content (AvgIpc) is 3.40. The van der Waals surface area contributed by atoms with Crippen molar-refractivity contribution in [2.45, 2.75) is 70.5 Å². The Balaban J connectivity index is 1.58. The first-order valence-corrected chi connectivity index (χ1v) is 11.6. The van der Waals surface area contributed by atoms with E-state index < -0.39 is 5.54 Å². The van der Waals surface area contributed by atoms with Crippen LogP contribution < -0.4 is 5.32 Å². The SMILES string of the molecule is CCCN1C(=O)c2cc(-c3cccs3)nn2CC1(C)C(=O)CNC1CCCCC1. The molecule has 0 aromatic carbocycles. The molecule has 0 bridgehead atoms. The zero-order valence-corrected chi connectivity index (χ0v) is 18.1. The Kier molecular flexibility index (Phi) is 5.88. The number of amides is 1. The Hall–Kier alpha value is -1.99. The number of carbonyl (C=O) groups is 2. The number of rotatable bonds is 7. The van der Waals surface area contributed by atoms with Crippen LogP contribution in [0.1, 0.15) is 62.9 Å². The molecule has 1 unspecified atom stereocenters. The van der Waals surface area contributed by atoms with Crippen LogP contribution in [0.3, 0.4) is 0 Å². The average molecular weight is 415 g/mol. The fraction of sp³-hybridized carbons (Fsp3) is 0.591. The van der Waals surface area contributed by atoms with Crippen LogP contribution in [-0.4, -0.2) is 51.0 Å². The van der Waals surface area contributed by atoms with Crippen molar-refractivity contribution in [1.29, 1.82) is 0 Å². The van der Waals surface area contributed by atoms with Crippen molar-refractivity contribution < 1.29 is 9.59 Å². The molecular weight excluding hydrogens is 384 g/mol. The lowest BCUT2D eigenvalue weighted by atomic mass is 9.89. The van der Waals surface area contributed by atoms with Crippen LogP contribution in [0, 0.1) is 0 Å². The zero-order valence-electron chi connectivity index (χ0n) is 17.3. The Bertz CT molecular complexity index is 870. The van der Waals surface area contributed by atoms with Gasteiger partial charge in [0.15, 0.2) is 5.78 Å². The van der Waals surface area contributed by atoms with Crippen LogP contribution in [0.4, 0.5) is 0 Å². The summed E-state index contributed by atoms with van der Waals surface area (Å²) in [6.07, 6.45) is 6.83. The Morgan fingerprint density at radius 3 is 2.83 bits per heavy atom. The van der Waals surface area contributed by atoms with E-state index in [1.54, 1.807) is 20.9 Å². The van der Waals surface area contributed by atoms with E-state index in [9.17, 15) is 9.59 Å². The smallest absolute Gasteiger partial charge is 0.273 e. The standard InChI is InChI=1S/C22H30N4O2S/c1-3-11-25-21(28)18-13-17(19-10-7-12-29-19)24-26(18)15-22(25,2)20(27)14-23-16-8-5-4-6-9-16/h7,10,12-13,16,23H,3-6,8-9,11,14-15H2,1-2H3. The molecule has 1 saturated carbocycles. The summed E-state index contributed by atoms with van der Waals surface area (Å²) in [7, 11) is 0. The lowest BCUT2D eigenvalue weighted by Gasteiger charge is -2.43. The molecule has 1 N–H and O–H groups in total. The van der Waals surface area contributed by atoms with Crippen LogP contribution in [0.2, 0.25) is 0 Å². The minimum absolute atomic E-state index is 0.0729. The van der Waals surface area contributed by atoms with Gasteiger partial charge in [0.2, 0.25) is 0 Å². The van der Waals surface area contributed by atoms with Crippen molar-refractivity contribution in [3.05, 3.63) is 29.3 Å². The summed E-state index contributed by atoms with van der Waals surface area (Å²) in [4.78, 5) is 29.5. The van der Waals surface area contributed by atoms with E-state index in [1.165, 1.54) is 19.3 Å². The molecule has 3 heterocycles. The van der Waals surface area contributed by atoms with Gasteiger partial charge in [0.05, 0.1) is 18.0 Å². The van der Waals surface area contributed by atoms with E-state index in [4.69, 9.17) is 0 Å². The molecule has 0 radical (unpaired) electrons. The third kappa shape index (κ3) is 3.90. The number of hydrogen-bond donors (Lipinski definition) is 1. The van der Waals surface area contributed by atoms with Crippen LogP contribution >= 0.6 is 11.3 Å². The highest BCUT2D eigenvalue weighted by Crippen LogP contribution is 2.32. The molecule has 0 saturated heterocycles.